The van der Waals surface area contributed by atoms with Crippen LogP contribution in [0.1, 0.15) is 19.8 Å². The van der Waals surface area contributed by atoms with Gasteiger partial charge >= 0.3 is 0 Å². The Balaban J connectivity index is 1.67. The van der Waals surface area contributed by atoms with E-state index in [9.17, 15) is 14.3 Å². The van der Waals surface area contributed by atoms with Gasteiger partial charge in [-0.15, -0.1) is 0 Å². The van der Waals surface area contributed by atoms with Crippen LogP contribution in [-0.2, 0) is 6.54 Å². The van der Waals surface area contributed by atoms with Crippen molar-refractivity contribution in [1.29, 1.82) is 0 Å². The molecule has 0 spiro atoms. The Morgan fingerprint density at radius 3 is 2.69 bits per heavy atom. The first-order chi connectivity index (χ1) is 17.0. The van der Waals surface area contributed by atoms with Gasteiger partial charge < -0.3 is 10.0 Å². The van der Waals surface area contributed by atoms with Crippen molar-refractivity contribution in [2.24, 2.45) is 5.92 Å². The van der Waals surface area contributed by atoms with Crippen LogP contribution in [0.25, 0.3) is 38.1 Å². The van der Waals surface area contributed by atoms with Gasteiger partial charge in [-0.25, -0.2) is 14.2 Å². The molecule has 0 saturated carbocycles. The predicted molar refractivity (Wildman–Crippen MR) is 133 cm³/mol. The number of rotatable bonds is 5. The number of hydrogen-bond donors (Lipinski definition) is 2. The standard InChI is InChI=1S/C26H25FN6O2/c1-16-7-9-32(10-8-16)26-29-24(18-4-6-22(28-2)20(27)14-18)23(25(35)30-26)17-3-5-21-19(13-17)15-33(31-21)11-12-34/h3-6,13-16,34H,7-12H2,1H3,(H,29,30,35). The number of aromatic amines is 1. The van der Waals surface area contributed by atoms with Crippen molar-refractivity contribution in [2.45, 2.75) is 26.3 Å². The van der Waals surface area contributed by atoms with Gasteiger partial charge in [-0.2, -0.15) is 5.10 Å². The number of aliphatic hydroxyl groups excluding tert-OH is 1. The summed E-state index contributed by atoms with van der Waals surface area (Å²) < 4.78 is 16.2. The summed E-state index contributed by atoms with van der Waals surface area (Å²) in [7, 11) is 0. The van der Waals surface area contributed by atoms with Gasteiger partial charge in [0.25, 0.3) is 5.56 Å². The Morgan fingerprint density at radius 2 is 1.97 bits per heavy atom. The third-order valence-corrected chi connectivity index (χ3v) is 6.50. The number of H-pyrrole nitrogens is 1. The van der Waals surface area contributed by atoms with Gasteiger partial charge in [-0.05, 0) is 42.5 Å². The minimum atomic E-state index is -0.653. The van der Waals surface area contributed by atoms with Crippen molar-refractivity contribution in [1.82, 2.24) is 19.7 Å². The second kappa shape index (κ2) is 9.31. The molecule has 0 bridgehead atoms. The van der Waals surface area contributed by atoms with Crippen LogP contribution in [0.15, 0.2) is 47.4 Å². The normalized spacial score (nSPS) is 14.4. The van der Waals surface area contributed by atoms with Gasteiger partial charge in [-0.1, -0.05) is 25.1 Å². The van der Waals surface area contributed by atoms with Gasteiger partial charge in [0, 0.05) is 30.2 Å². The molecule has 1 aliphatic rings. The monoisotopic (exact) mass is 472 g/mol. The molecule has 0 radical (unpaired) electrons. The Bertz CT molecular complexity index is 1490. The Morgan fingerprint density at radius 1 is 1.20 bits per heavy atom. The molecule has 1 aliphatic heterocycles. The lowest BCUT2D eigenvalue weighted by molar-refractivity contribution is 0.270. The molecule has 2 N–H and O–H groups in total. The van der Waals surface area contributed by atoms with Gasteiger partial charge in [0.2, 0.25) is 11.6 Å². The van der Waals surface area contributed by atoms with E-state index in [0.717, 1.165) is 36.8 Å². The predicted octanol–water partition coefficient (Wildman–Crippen LogP) is 4.37. The van der Waals surface area contributed by atoms with Gasteiger partial charge in [0.1, 0.15) is 5.82 Å². The van der Waals surface area contributed by atoms with Crippen molar-refractivity contribution < 1.29 is 9.50 Å². The average Bonchev–Trinajstić information content (AvgIpc) is 3.26. The van der Waals surface area contributed by atoms with E-state index in [1.54, 1.807) is 16.8 Å². The highest BCUT2D eigenvalue weighted by Gasteiger charge is 2.22. The molecular weight excluding hydrogens is 447 g/mol. The summed E-state index contributed by atoms with van der Waals surface area (Å²) in [6.07, 6.45) is 3.82. The number of piperidine rings is 1. The summed E-state index contributed by atoms with van der Waals surface area (Å²) in [5, 5.41) is 14.4. The van der Waals surface area contributed by atoms with E-state index in [4.69, 9.17) is 11.6 Å². The van der Waals surface area contributed by atoms with Crippen LogP contribution < -0.4 is 10.5 Å². The molecule has 0 amide bonds. The first-order valence-electron chi connectivity index (χ1n) is 11.6. The lowest BCUT2D eigenvalue weighted by Gasteiger charge is -2.31. The molecule has 8 nitrogen and oxygen atoms in total. The van der Waals surface area contributed by atoms with Crippen LogP contribution in [0.5, 0.6) is 0 Å². The first kappa shape index (κ1) is 22.7. The quantitative estimate of drug-likeness (QED) is 0.421. The number of benzene rings is 2. The zero-order chi connectivity index (χ0) is 24.5. The minimum absolute atomic E-state index is 0.0303. The highest BCUT2D eigenvalue weighted by atomic mass is 19.1. The van der Waals surface area contributed by atoms with E-state index in [-0.39, 0.29) is 17.9 Å². The van der Waals surface area contributed by atoms with Crippen LogP contribution in [0, 0.1) is 18.3 Å². The van der Waals surface area contributed by atoms with Gasteiger partial charge in [-0.3, -0.25) is 14.5 Å². The van der Waals surface area contributed by atoms with Crippen molar-refractivity contribution in [3.05, 3.63) is 70.2 Å². The smallest absolute Gasteiger partial charge is 0.260 e. The Hall–Kier alpha value is -4.03. The van der Waals surface area contributed by atoms with E-state index >= 15 is 0 Å². The molecule has 0 atom stereocenters. The maximum Gasteiger partial charge on any atom is 0.260 e. The Kier molecular flexibility index (Phi) is 6.05. The number of nitrogens with zero attached hydrogens (tertiary/aromatic N) is 5. The molecular formula is C26H25FN6O2. The van der Waals surface area contributed by atoms with Gasteiger partial charge in [0.15, 0.2) is 0 Å². The first-order valence-corrected chi connectivity index (χ1v) is 11.6. The molecule has 178 valence electrons. The molecule has 4 aromatic rings. The number of aliphatic hydroxyl groups is 1. The lowest BCUT2D eigenvalue weighted by atomic mass is 9.98. The van der Waals surface area contributed by atoms with Crippen LogP contribution in [0.2, 0.25) is 0 Å². The molecule has 3 heterocycles. The number of halogens is 1. The summed E-state index contributed by atoms with van der Waals surface area (Å²) >= 11 is 0. The number of nitrogens with one attached hydrogen (secondary N) is 1. The van der Waals surface area contributed by atoms with Crippen LogP contribution in [-0.4, -0.2) is 44.6 Å². The molecule has 9 heteroatoms. The maximum atomic E-state index is 14.6. The molecule has 1 saturated heterocycles. The highest BCUT2D eigenvalue weighted by Crippen LogP contribution is 2.33. The fraction of sp³-hybridized carbons (Fsp3) is 0.308. The lowest BCUT2D eigenvalue weighted by Crippen LogP contribution is -2.35. The number of fused-ring (bicyclic) bond motifs is 1. The number of anilines is 1. The third-order valence-electron chi connectivity index (χ3n) is 6.50. The highest BCUT2D eigenvalue weighted by molar-refractivity contribution is 5.88. The van der Waals surface area contributed by atoms with Crippen LogP contribution in [0.4, 0.5) is 16.0 Å². The van der Waals surface area contributed by atoms with Gasteiger partial charge in [0.05, 0.1) is 36.5 Å². The van der Waals surface area contributed by atoms with Crippen LogP contribution >= 0.6 is 0 Å². The second-order valence-corrected chi connectivity index (χ2v) is 8.95. The van der Waals surface area contributed by atoms with Crippen molar-refractivity contribution in [2.75, 3.05) is 24.6 Å². The van der Waals surface area contributed by atoms with E-state index in [2.05, 4.69) is 26.8 Å². The summed E-state index contributed by atoms with van der Waals surface area (Å²) in [5.74, 6) is 0.428. The largest absolute Gasteiger partial charge is 0.394 e. The fourth-order valence-electron chi connectivity index (χ4n) is 4.50. The molecule has 1 fully saturated rings. The second-order valence-electron chi connectivity index (χ2n) is 8.95. The van der Waals surface area contributed by atoms with E-state index in [0.29, 0.717) is 40.8 Å². The van der Waals surface area contributed by atoms with E-state index in [1.165, 1.54) is 12.1 Å². The molecule has 35 heavy (non-hydrogen) atoms. The average molecular weight is 473 g/mol. The Labute approximate surface area is 201 Å². The van der Waals surface area contributed by atoms with Crippen molar-refractivity contribution in [3.63, 3.8) is 0 Å². The minimum Gasteiger partial charge on any atom is -0.394 e. The molecule has 2 aromatic heterocycles. The van der Waals surface area contributed by atoms with E-state index < -0.39 is 5.82 Å². The zero-order valence-corrected chi connectivity index (χ0v) is 19.3. The molecule has 0 aliphatic carbocycles. The topological polar surface area (TPSA) is 91.4 Å². The zero-order valence-electron chi connectivity index (χ0n) is 19.3. The number of hydrogen-bond acceptors (Lipinski definition) is 5. The number of aromatic nitrogens is 4. The SMILES string of the molecule is [C-]#[N+]c1ccc(-c2nc(N3CCC(C)CC3)[nH]c(=O)c2-c2ccc3nn(CCO)cc3c2)cc1F. The van der Waals surface area contributed by atoms with E-state index in [1.807, 2.05) is 18.3 Å². The maximum absolute atomic E-state index is 14.6. The third kappa shape index (κ3) is 4.40. The van der Waals surface area contributed by atoms with Crippen molar-refractivity contribution in [3.8, 4) is 22.4 Å². The molecule has 5 rings (SSSR count). The summed E-state index contributed by atoms with van der Waals surface area (Å²) in [4.78, 5) is 26.5. The van der Waals surface area contributed by atoms with Crippen molar-refractivity contribution >= 4 is 22.5 Å². The molecule has 2 aromatic carbocycles. The summed E-state index contributed by atoms with van der Waals surface area (Å²) in [5.41, 5.74) is 2.07. The summed E-state index contributed by atoms with van der Waals surface area (Å²) in [6, 6.07) is 9.75. The fourth-order valence-corrected chi connectivity index (χ4v) is 4.50. The van der Waals surface area contributed by atoms with Crippen LogP contribution in [0.3, 0.4) is 0 Å². The molecule has 0 unspecified atom stereocenters. The summed E-state index contributed by atoms with van der Waals surface area (Å²) in [6.45, 7) is 11.3.